The number of aryl methyl sites for hydroxylation is 1. The Balaban J connectivity index is 1.90. The van der Waals surface area contributed by atoms with Gasteiger partial charge in [-0.3, -0.25) is 0 Å². The van der Waals surface area contributed by atoms with Crippen molar-refractivity contribution in [2.45, 2.75) is 51.4 Å². The first kappa shape index (κ1) is 17.8. The summed E-state index contributed by atoms with van der Waals surface area (Å²) in [5.74, 6) is -0.0589. The minimum Gasteiger partial charge on any atom is -0.478 e. The molecule has 0 saturated heterocycles. The monoisotopic (exact) mass is 362 g/mol. The second kappa shape index (κ2) is 5.69. The number of aromatic nitrogens is 2. The van der Waals surface area contributed by atoms with Gasteiger partial charge in [0.1, 0.15) is 5.82 Å². The average Bonchev–Trinajstić information content (AvgIpc) is 2.95. The lowest BCUT2D eigenvalue weighted by atomic mass is 9.63. The molecule has 0 aliphatic heterocycles. The van der Waals surface area contributed by atoms with Crippen LogP contribution in [0.4, 0.5) is 0 Å². The molecule has 0 saturated carbocycles. The normalized spacial score (nSPS) is 17.7. The number of hydrogen-bond acceptors (Lipinski definition) is 2. The number of carboxylic acids is 1. The number of imidazole rings is 1. The molecule has 2 aromatic carbocycles. The Morgan fingerprint density at radius 1 is 1.00 bits per heavy atom. The molecule has 27 heavy (non-hydrogen) atoms. The van der Waals surface area contributed by atoms with Crippen molar-refractivity contribution in [1.29, 1.82) is 0 Å². The Bertz CT molecular complexity index is 1070. The predicted molar refractivity (Wildman–Crippen MR) is 108 cm³/mol. The van der Waals surface area contributed by atoms with Gasteiger partial charge in [-0.2, -0.15) is 0 Å². The Morgan fingerprint density at radius 2 is 1.67 bits per heavy atom. The van der Waals surface area contributed by atoms with Crippen molar-refractivity contribution in [2.75, 3.05) is 0 Å². The minimum absolute atomic E-state index is 0.141. The summed E-state index contributed by atoms with van der Waals surface area (Å²) in [6.07, 6.45) is 2.36. The molecule has 0 bridgehead atoms. The van der Waals surface area contributed by atoms with Gasteiger partial charge in [0.2, 0.25) is 0 Å². The molecule has 0 unspecified atom stereocenters. The summed E-state index contributed by atoms with van der Waals surface area (Å²) in [4.78, 5) is 16.0. The van der Waals surface area contributed by atoms with Crippen LogP contribution in [0, 0.1) is 0 Å². The molecule has 4 heteroatoms. The Morgan fingerprint density at radius 3 is 2.33 bits per heavy atom. The molecule has 0 amide bonds. The molecule has 1 aliphatic carbocycles. The van der Waals surface area contributed by atoms with Crippen molar-refractivity contribution in [1.82, 2.24) is 9.55 Å². The molecular formula is C23H26N2O2. The van der Waals surface area contributed by atoms with Gasteiger partial charge in [0.25, 0.3) is 0 Å². The summed E-state index contributed by atoms with van der Waals surface area (Å²) in [5, 5.41) is 9.24. The SMILES string of the molecule is Cn1c(-c2ccc3c(c2)C(C)(C)CCC3(C)C)nc2cc(C(=O)O)ccc21. The van der Waals surface area contributed by atoms with Crippen molar-refractivity contribution >= 4 is 17.0 Å². The molecule has 4 rings (SSSR count). The zero-order valence-corrected chi connectivity index (χ0v) is 16.6. The first-order chi connectivity index (χ1) is 12.6. The fraction of sp³-hybridized carbons (Fsp3) is 0.391. The van der Waals surface area contributed by atoms with Crippen molar-refractivity contribution < 1.29 is 9.90 Å². The molecule has 0 fully saturated rings. The number of carbonyl (C=O) groups is 1. The van der Waals surface area contributed by atoms with E-state index in [1.807, 2.05) is 17.7 Å². The topological polar surface area (TPSA) is 55.1 Å². The third-order valence-electron chi connectivity index (χ3n) is 6.24. The summed E-state index contributed by atoms with van der Waals surface area (Å²) >= 11 is 0. The summed E-state index contributed by atoms with van der Waals surface area (Å²) in [5.41, 5.74) is 6.14. The van der Waals surface area contributed by atoms with Gasteiger partial charge in [-0.15, -0.1) is 0 Å². The summed E-state index contributed by atoms with van der Waals surface area (Å²) in [7, 11) is 1.99. The highest BCUT2D eigenvalue weighted by atomic mass is 16.4. The largest absolute Gasteiger partial charge is 0.478 e. The highest BCUT2D eigenvalue weighted by molar-refractivity contribution is 5.93. The standard InChI is InChI=1S/C23H26N2O2/c1-22(2)10-11-23(3,4)17-12-14(6-8-16(17)22)20-24-18-13-15(21(26)27)7-9-19(18)25(20)5/h6-9,12-13H,10-11H2,1-5H3,(H,26,27). The van der Waals surface area contributed by atoms with Crippen LogP contribution in [0.25, 0.3) is 22.4 Å². The second-order valence-corrected chi connectivity index (χ2v) is 9.03. The molecule has 1 heterocycles. The fourth-order valence-electron chi connectivity index (χ4n) is 4.32. The molecule has 4 nitrogen and oxygen atoms in total. The molecule has 0 atom stereocenters. The van der Waals surface area contributed by atoms with Crippen molar-refractivity contribution in [3.05, 3.63) is 53.1 Å². The van der Waals surface area contributed by atoms with Crippen molar-refractivity contribution in [2.24, 2.45) is 7.05 Å². The van der Waals surface area contributed by atoms with Gasteiger partial charge in [0.05, 0.1) is 16.6 Å². The van der Waals surface area contributed by atoms with Gasteiger partial charge in [-0.05, 0) is 59.1 Å². The molecule has 1 N–H and O–H groups in total. The smallest absolute Gasteiger partial charge is 0.335 e. The highest BCUT2D eigenvalue weighted by Gasteiger charge is 2.37. The van der Waals surface area contributed by atoms with Gasteiger partial charge in [0, 0.05) is 12.6 Å². The minimum atomic E-state index is -0.929. The molecule has 0 spiro atoms. The lowest BCUT2D eigenvalue weighted by Gasteiger charge is -2.42. The second-order valence-electron chi connectivity index (χ2n) is 9.03. The molecule has 1 aliphatic rings. The lowest BCUT2D eigenvalue weighted by Crippen LogP contribution is -2.33. The zero-order chi connectivity index (χ0) is 19.6. The fourth-order valence-corrected chi connectivity index (χ4v) is 4.32. The van der Waals surface area contributed by atoms with E-state index in [1.165, 1.54) is 24.0 Å². The van der Waals surface area contributed by atoms with E-state index in [-0.39, 0.29) is 16.4 Å². The van der Waals surface area contributed by atoms with Gasteiger partial charge in [-0.25, -0.2) is 9.78 Å². The van der Waals surface area contributed by atoms with E-state index in [2.05, 4.69) is 45.9 Å². The first-order valence-electron chi connectivity index (χ1n) is 9.45. The lowest BCUT2D eigenvalue weighted by molar-refractivity contribution is 0.0697. The van der Waals surface area contributed by atoms with Crippen LogP contribution in [0.15, 0.2) is 36.4 Å². The van der Waals surface area contributed by atoms with E-state index in [9.17, 15) is 9.90 Å². The number of carboxylic acid groups (broad SMARTS) is 1. The van der Waals surface area contributed by atoms with E-state index in [0.29, 0.717) is 5.52 Å². The van der Waals surface area contributed by atoms with E-state index in [1.54, 1.807) is 12.1 Å². The summed E-state index contributed by atoms with van der Waals surface area (Å²) in [6.45, 7) is 9.28. The summed E-state index contributed by atoms with van der Waals surface area (Å²) in [6, 6.07) is 11.8. The maximum Gasteiger partial charge on any atom is 0.335 e. The van der Waals surface area contributed by atoms with E-state index in [0.717, 1.165) is 16.9 Å². The highest BCUT2D eigenvalue weighted by Crippen LogP contribution is 2.46. The number of aromatic carboxylic acids is 1. The van der Waals surface area contributed by atoms with Crippen molar-refractivity contribution in [3.63, 3.8) is 0 Å². The molecule has 0 radical (unpaired) electrons. The third-order valence-corrected chi connectivity index (χ3v) is 6.24. The Hall–Kier alpha value is -2.62. The van der Waals surface area contributed by atoms with E-state index in [4.69, 9.17) is 4.98 Å². The quantitative estimate of drug-likeness (QED) is 0.674. The van der Waals surface area contributed by atoms with Crippen LogP contribution in [0.3, 0.4) is 0 Å². The van der Waals surface area contributed by atoms with Crippen LogP contribution in [-0.2, 0) is 17.9 Å². The number of fused-ring (bicyclic) bond motifs is 2. The van der Waals surface area contributed by atoms with E-state index < -0.39 is 5.97 Å². The number of hydrogen-bond donors (Lipinski definition) is 1. The van der Waals surface area contributed by atoms with Crippen LogP contribution >= 0.6 is 0 Å². The molecular weight excluding hydrogens is 336 g/mol. The van der Waals surface area contributed by atoms with Crippen LogP contribution in [-0.4, -0.2) is 20.6 Å². The predicted octanol–water partition coefficient (Wildman–Crippen LogP) is 5.29. The van der Waals surface area contributed by atoms with Gasteiger partial charge < -0.3 is 9.67 Å². The van der Waals surface area contributed by atoms with Crippen LogP contribution < -0.4 is 0 Å². The van der Waals surface area contributed by atoms with Crippen LogP contribution in [0.5, 0.6) is 0 Å². The van der Waals surface area contributed by atoms with Gasteiger partial charge in [0.15, 0.2) is 0 Å². The van der Waals surface area contributed by atoms with Gasteiger partial charge in [-0.1, -0.05) is 39.8 Å². The summed E-state index contributed by atoms with van der Waals surface area (Å²) < 4.78 is 2.05. The number of benzene rings is 2. The zero-order valence-electron chi connectivity index (χ0n) is 16.6. The Kier molecular flexibility index (Phi) is 3.74. The van der Waals surface area contributed by atoms with Crippen LogP contribution in [0.1, 0.15) is 62.0 Å². The number of rotatable bonds is 2. The third kappa shape index (κ3) is 2.75. The molecule has 140 valence electrons. The maximum atomic E-state index is 11.3. The average molecular weight is 362 g/mol. The first-order valence-corrected chi connectivity index (χ1v) is 9.45. The van der Waals surface area contributed by atoms with E-state index >= 15 is 0 Å². The molecule has 1 aromatic heterocycles. The van der Waals surface area contributed by atoms with Gasteiger partial charge >= 0.3 is 5.97 Å². The maximum absolute atomic E-state index is 11.3. The number of nitrogens with zero attached hydrogens (tertiary/aromatic N) is 2. The molecule has 3 aromatic rings. The van der Waals surface area contributed by atoms with Crippen LogP contribution in [0.2, 0.25) is 0 Å². The Labute approximate surface area is 159 Å². The van der Waals surface area contributed by atoms with Crippen molar-refractivity contribution in [3.8, 4) is 11.4 Å².